The van der Waals surface area contributed by atoms with Gasteiger partial charge in [0.15, 0.2) is 0 Å². The first-order valence-electron chi connectivity index (χ1n) is 6.94. The van der Waals surface area contributed by atoms with E-state index in [9.17, 15) is 14.7 Å². The van der Waals surface area contributed by atoms with E-state index in [1.165, 1.54) is 12.8 Å². The SMILES string of the molecule is Cc1cccc(NC(=O)CNC2CCCC2)c1C(=O)O. The third-order valence-corrected chi connectivity index (χ3v) is 3.67. The van der Waals surface area contributed by atoms with Crippen molar-refractivity contribution >= 4 is 17.6 Å². The summed E-state index contributed by atoms with van der Waals surface area (Å²) in [7, 11) is 0. The molecule has 2 rings (SSSR count). The zero-order valence-corrected chi connectivity index (χ0v) is 11.6. The summed E-state index contributed by atoms with van der Waals surface area (Å²) >= 11 is 0. The smallest absolute Gasteiger partial charge is 0.338 e. The third-order valence-electron chi connectivity index (χ3n) is 3.67. The zero-order chi connectivity index (χ0) is 14.5. The number of aryl methyl sites for hydroxylation is 1. The summed E-state index contributed by atoms with van der Waals surface area (Å²) in [4.78, 5) is 23.1. The average Bonchev–Trinajstić information content (AvgIpc) is 2.89. The van der Waals surface area contributed by atoms with Gasteiger partial charge in [-0.25, -0.2) is 4.79 Å². The van der Waals surface area contributed by atoms with Gasteiger partial charge < -0.3 is 15.7 Å². The third kappa shape index (κ3) is 3.57. The van der Waals surface area contributed by atoms with Crippen LogP contribution in [0.1, 0.15) is 41.6 Å². The van der Waals surface area contributed by atoms with Crippen molar-refractivity contribution in [1.82, 2.24) is 5.32 Å². The predicted molar refractivity (Wildman–Crippen MR) is 77.0 cm³/mol. The van der Waals surface area contributed by atoms with Gasteiger partial charge in [0.2, 0.25) is 5.91 Å². The molecule has 20 heavy (non-hydrogen) atoms. The van der Waals surface area contributed by atoms with E-state index in [1.807, 2.05) is 0 Å². The van der Waals surface area contributed by atoms with Crippen LogP contribution in [0.4, 0.5) is 5.69 Å². The Morgan fingerprint density at radius 3 is 2.65 bits per heavy atom. The molecule has 5 nitrogen and oxygen atoms in total. The summed E-state index contributed by atoms with van der Waals surface area (Å²) in [5.41, 5.74) is 1.15. The molecule has 0 aliphatic heterocycles. The number of rotatable bonds is 5. The normalized spacial score (nSPS) is 15.2. The van der Waals surface area contributed by atoms with Crippen LogP contribution in [-0.4, -0.2) is 29.6 Å². The highest BCUT2D eigenvalue weighted by Gasteiger charge is 2.17. The number of nitrogens with one attached hydrogen (secondary N) is 2. The minimum atomic E-state index is -1.03. The Bertz CT molecular complexity index is 508. The van der Waals surface area contributed by atoms with E-state index in [4.69, 9.17) is 0 Å². The molecule has 0 unspecified atom stereocenters. The molecule has 1 amide bonds. The van der Waals surface area contributed by atoms with Crippen LogP contribution in [-0.2, 0) is 4.79 Å². The van der Waals surface area contributed by atoms with Gasteiger partial charge in [-0.15, -0.1) is 0 Å². The van der Waals surface area contributed by atoms with Crippen molar-refractivity contribution in [2.24, 2.45) is 0 Å². The fourth-order valence-electron chi connectivity index (χ4n) is 2.62. The van der Waals surface area contributed by atoms with Crippen molar-refractivity contribution in [2.75, 3.05) is 11.9 Å². The number of amides is 1. The molecule has 0 atom stereocenters. The first kappa shape index (κ1) is 14.5. The standard InChI is InChI=1S/C15H20N2O3/c1-10-5-4-8-12(14(10)15(19)20)17-13(18)9-16-11-6-2-3-7-11/h4-5,8,11,16H,2-3,6-7,9H2,1H3,(H,17,18)(H,19,20). The lowest BCUT2D eigenvalue weighted by atomic mass is 10.1. The lowest BCUT2D eigenvalue weighted by Gasteiger charge is -2.13. The Morgan fingerprint density at radius 2 is 2.00 bits per heavy atom. The molecule has 1 aromatic carbocycles. The summed E-state index contributed by atoms with van der Waals surface area (Å²) in [5.74, 6) is -1.23. The van der Waals surface area contributed by atoms with E-state index in [0.717, 1.165) is 12.8 Å². The Morgan fingerprint density at radius 1 is 1.30 bits per heavy atom. The van der Waals surface area contributed by atoms with Gasteiger partial charge in [-0.3, -0.25) is 4.79 Å². The second kappa shape index (κ2) is 6.52. The van der Waals surface area contributed by atoms with Crippen LogP contribution in [0.3, 0.4) is 0 Å². The molecule has 1 aliphatic carbocycles. The summed E-state index contributed by atoms with van der Waals surface area (Å²) in [6.07, 6.45) is 4.64. The number of carboxylic acids is 1. The number of hydrogen-bond donors (Lipinski definition) is 3. The Hall–Kier alpha value is -1.88. The Balaban J connectivity index is 1.96. The maximum Gasteiger partial charge on any atom is 0.338 e. The fraction of sp³-hybridized carbons (Fsp3) is 0.467. The van der Waals surface area contributed by atoms with Gasteiger partial charge in [-0.1, -0.05) is 25.0 Å². The van der Waals surface area contributed by atoms with Crippen LogP contribution in [0.15, 0.2) is 18.2 Å². The Kier molecular flexibility index (Phi) is 4.74. The first-order valence-corrected chi connectivity index (χ1v) is 6.94. The van der Waals surface area contributed by atoms with E-state index in [-0.39, 0.29) is 18.0 Å². The molecular weight excluding hydrogens is 256 g/mol. The van der Waals surface area contributed by atoms with Crippen LogP contribution in [0, 0.1) is 6.92 Å². The lowest BCUT2D eigenvalue weighted by Crippen LogP contribution is -2.34. The quantitative estimate of drug-likeness (QED) is 0.770. The molecule has 108 valence electrons. The monoisotopic (exact) mass is 276 g/mol. The van der Waals surface area contributed by atoms with Crippen molar-refractivity contribution in [3.63, 3.8) is 0 Å². The molecule has 5 heteroatoms. The summed E-state index contributed by atoms with van der Waals surface area (Å²) in [6, 6.07) is 5.49. The van der Waals surface area contributed by atoms with Crippen molar-refractivity contribution < 1.29 is 14.7 Å². The topological polar surface area (TPSA) is 78.4 Å². The van der Waals surface area contributed by atoms with E-state index < -0.39 is 5.97 Å². The van der Waals surface area contributed by atoms with Crippen LogP contribution >= 0.6 is 0 Å². The van der Waals surface area contributed by atoms with Gasteiger partial charge in [0, 0.05) is 6.04 Å². The number of carbonyl (C=O) groups excluding carboxylic acids is 1. The van der Waals surface area contributed by atoms with Crippen molar-refractivity contribution in [3.8, 4) is 0 Å². The number of carboxylic acid groups (broad SMARTS) is 1. The molecule has 1 aliphatic rings. The van der Waals surface area contributed by atoms with Gasteiger partial charge in [0.25, 0.3) is 0 Å². The van der Waals surface area contributed by atoms with Gasteiger partial charge >= 0.3 is 5.97 Å². The first-order chi connectivity index (χ1) is 9.58. The van der Waals surface area contributed by atoms with E-state index >= 15 is 0 Å². The van der Waals surface area contributed by atoms with Gasteiger partial charge in [-0.2, -0.15) is 0 Å². The maximum absolute atomic E-state index is 11.9. The van der Waals surface area contributed by atoms with Crippen LogP contribution in [0.5, 0.6) is 0 Å². The maximum atomic E-state index is 11.9. The highest BCUT2D eigenvalue weighted by Crippen LogP contribution is 2.20. The molecule has 3 N–H and O–H groups in total. The van der Waals surface area contributed by atoms with Crippen LogP contribution in [0.25, 0.3) is 0 Å². The summed E-state index contributed by atoms with van der Waals surface area (Å²) in [6.45, 7) is 1.94. The van der Waals surface area contributed by atoms with E-state index in [1.54, 1.807) is 25.1 Å². The van der Waals surface area contributed by atoms with E-state index in [0.29, 0.717) is 17.3 Å². The number of carbonyl (C=O) groups is 2. The van der Waals surface area contributed by atoms with E-state index in [2.05, 4.69) is 10.6 Å². The molecule has 0 heterocycles. The largest absolute Gasteiger partial charge is 0.478 e. The fourth-order valence-corrected chi connectivity index (χ4v) is 2.62. The zero-order valence-electron chi connectivity index (χ0n) is 11.6. The predicted octanol–water partition coefficient (Wildman–Crippen LogP) is 2.16. The van der Waals surface area contributed by atoms with Gasteiger partial charge in [0.1, 0.15) is 0 Å². The molecule has 0 bridgehead atoms. The second-order valence-electron chi connectivity index (χ2n) is 5.21. The molecular formula is C15H20N2O3. The molecule has 0 aromatic heterocycles. The highest BCUT2D eigenvalue weighted by molar-refractivity contribution is 6.02. The molecule has 1 aromatic rings. The lowest BCUT2D eigenvalue weighted by molar-refractivity contribution is -0.115. The molecule has 1 fully saturated rings. The van der Waals surface area contributed by atoms with Crippen molar-refractivity contribution in [1.29, 1.82) is 0 Å². The number of aromatic carboxylic acids is 1. The van der Waals surface area contributed by atoms with Crippen molar-refractivity contribution in [2.45, 2.75) is 38.6 Å². The summed E-state index contributed by atoms with van der Waals surface area (Å²) < 4.78 is 0. The van der Waals surface area contributed by atoms with Crippen LogP contribution in [0.2, 0.25) is 0 Å². The molecule has 1 saturated carbocycles. The van der Waals surface area contributed by atoms with Gasteiger partial charge in [-0.05, 0) is 31.4 Å². The summed E-state index contributed by atoms with van der Waals surface area (Å²) in [5, 5.41) is 15.1. The molecule has 0 saturated heterocycles. The highest BCUT2D eigenvalue weighted by atomic mass is 16.4. The number of benzene rings is 1. The number of hydrogen-bond acceptors (Lipinski definition) is 3. The minimum Gasteiger partial charge on any atom is -0.478 e. The number of anilines is 1. The molecule has 0 radical (unpaired) electrons. The van der Waals surface area contributed by atoms with Crippen molar-refractivity contribution in [3.05, 3.63) is 29.3 Å². The van der Waals surface area contributed by atoms with Crippen LogP contribution < -0.4 is 10.6 Å². The average molecular weight is 276 g/mol. The molecule has 0 spiro atoms. The van der Waals surface area contributed by atoms with Gasteiger partial charge in [0.05, 0.1) is 17.8 Å². The minimum absolute atomic E-state index is 0.154. The second-order valence-corrected chi connectivity index (χ2v) is 5.21. The Labute approximate surface area is 118 Å².